The quantitative estimate of drug-likeness (QED) is 0.781. The van der Waals surface area contributed by atoms with Gasteiger partial charge in [0.2, 0.25) is 0 Å². The number of hydrogen-bond acceptors (Lipinski definition) is 2. The normalized spacial score (nSPS) is 38.8. The number of benzene rings is 1. The topological polar surface area (TPSA) is 37.3 Å². The zero-order valence-corrected chi connectivity index (χ0v) is 11.8. The predicted octanol–water partition coefficient (Wildman–Crippen LogP) is 3.51. The summed E-state index contributed by atoms with van der Waals surface area (Å²) in [6.45, 7) is 2.28. The van der Waals surface area contributed by atoms with E-state index < -0.39 is 0 Å². The number of aliphatic hydroxyl groups is 1. The average Bonchev–Trinajstić information content (AvgIpc) is 2.45. The van der Waals surface area contributed by atoms with Crippen molar-refractivity contribution < 1.29 is 9.90 Å². The summed E-state index contributed by atoms with van der Waals surface area (Å²) in [4.78, 5) is 12.1. The maximum Gasteiger partial charge on any atom is 0.156 e. The summed E-state index contributed by atoms with van der Waals surface area (Å²) in [6.07, 6.45) is 5.44. The van der Waals surface area contributed by atoms with Crippen LogP contribution in [0.25, 0.3) is 5.57 Å². The SMILES string of the molecule is C[C@]12C3=CC(=O)C[C@H]1CCC[C@H]2[C@@H](O)c1ccccc13. The maximum atomic E-state index is 12.1. The molecule has 4 atom stereocenters. The van der Waals surface area contributed by atoms with Gasteiger partial charge in [-0.3, -0.25) is 4.79 Å². The number of hydrogen-bond donors (Lipinski definition) is 1. The molecule has 0 amide bonds. The number of carbonyl (C=O) groups is 1. The lowest BCUT2D eigenvalue weighted by Crippen LogP contribution is -2.48. The largest absolute Gasteiger partial charge is 0.388 e. The molecule has 0 heterocycles. The van der Waals surface area contributed by atoms with Crippen molar-refractivity contribution in [2.24, 2.45) is 17.3 Å². The molecule has 1 saturated carbocycles. The second-order valence-corrected chi connectivity index (χ2v) is 6.78. The van der Waals surface area contributed by atoms with Crippen molar-refractivity contribution in [3.8, 4) is 0 Å². The minimum absolute atomic E-state index is 0.0278. The second-order valence-electron chi connectivity index (χ2n) is 6.78. The van der Waals surface area contributed by atoms with Gasteiger partial charge in [0, 0.05) is 11.8 Å². The molecule has 2 heteroatoms. The van der Waals surface area contributed by atoms with Crippen LogP contribution in [0, 0.1) is 17.3 Å². The second kappa shape index (κ2) is 4.05. The predicted molar refractivity (Wildman–Crippen MR) is 77.9 cm³/mol. The fourth-order valence-electron chi connectivity index (χ4n) is 4.91. The molecule has 4 rings (SSSR count). The highest BCUT2D eigenvalue weighted by Crippen LogP contribution is 2.63. The van der Waals surface area contributed by atoms with Crippen molar-refractivity contribution in [3.05, 3.63) is 41.5 Å². The third kappa shape index (κ3) is 1.40. The van der Waals surface area contributed by atoms with Crippen LogP contribution >= 0.6 is 0 Å². The van der Waals surface area contributed by atoms with Crippen molar-refractivity contribution in [1.29, 1.82) is 0 Å². The Bertz CT molecular complexity index is 616. The molecule has 1 aromatic rings. The fraction of sp³-hybridized carbons (Fsp3) is 0.500. The molecular weight excluding hydrogens is 248 g/mol. The lowest BCUT2D eigenvalue weighted by atomic mass is 9.49. The van der Waals surface area contributed by atoms with E-state index in [0.29, 0.717) is 12.3 Å². The lowest BCUT2D eigenvalue weighted by molar-refractivity contribution is -0.119. The van der Waals surface area contributed by atoms with Crippen LogP contribution in [-0.2, 0) is 4.79 Å². The molecule has 0 unspecified atom stereocenters. The van der Waals surface area contributed by atoms with Crippen LogP contribution < -0.4 is 0 Å². The summed E-state index contributed by atoms with van der Waals surface area (Å²) in [7, 11) is 0. The van der Waals surface area contributed by atoms with Gasteiger partial charge in [-0.2, -0.15) is 0 Å². The van der Waals surface area contributed by atoms with Crippen LogP contribution in [0.15, 0.2) is 30.3 Å². The number of allylic oxidation sites excluding steroid dienone is 2. The van der Waals surface area contributed by atoms with E-state index in [1.807, 2.05) is 24.3 Å². The van der Waals surface area contributed by atoms with Crippen molar-refractivity contribution in [2.75, 3.05) is 0 Å². The van der Waals surface area contributed by atoms with Crippen LogP contribution in [0.3, 0.4) is 0 Å². The molecule has 2 nitrogen and oxygen atoms in total. The number of aliphatic hydroxyl groups excluding tert-OH is 1. The molecule has 0 aliphatic heterocycles. The Morgan fingerprint density at radius 2 is 2.05 bits per heavy atom. The first-order valence-corrected chi connectivity index (χ1v) is 7.64. The minimum Gasteiger partial charge on any atom is -0.388 e. The first-order valence-electron chi connectivity index (χ1n) is 7.64. The van der Waals surface area contributed by atoms with Gasteiger partial charge in [0.25, 0.3) is 0 Å². The van der Waals surface area contributed by atoms with E-state index in [1.165, 1.54) is 5.57 Å². The summed E-state index contributed by atoms with van der Waals surface area (Å²) < 4.78 is 0. The Labute approximate surface area is 119 Å². The number of carbonyl (C=O) groups excluding carboxylic acids is 1. The van der Waals surface area contributed by atoms with Gasteiger partial charge >= 0.3 is 0 Å². The molecule has 0 saturated heterocycles. The van der Waals surface area contributed by atoms with Crippen molar-refractivity contribution in [2.45, 2.75) is 38.7 Å². The van der Waals surface area contributed by atoms with Crippen molar-refractivity contribution in [3.63, 3.8) is 0 Å². The van der Waals surface area contributed by atoms with E-state index in [2.05, 4.69) is 13.0 Å². The Morgan fingerprint density at radius 3 is 2.90 bits per heavy atom. The zero-order chi connectivity index (χ0) is 13.9. The number of ketones is 1. The standard InChI is InChI=1S/C18H20O2/c1-18-11-5-4-8-15(18)17(20)14-7-3-2-6-13(14)16(18)10-12(19)9-11/h2-3,6-7,10-11,15,17,20H,4-5,8-9H2,1H3/t11-,15+,17+,18+/m1/s1. The van der Waals surface area contributed by atoms with Crippen LogP contribution in [0.2, 0.25) is 0 Å². The molecule has 3 aliphatic rings. The van der Waals surface area contributed by atoms with Crippen molar-refractivity contribution >= 4 is 11.4 Å². The lowest BCUT2D eigenvalue weighted by Gasteiger charge is -2.55. The van der Waals surface area contributed by atoms with E-state index in [4.69, 9.17) is 0 Å². The highest BCUT2D eigenvalue weighted by molar-refractivity contribution is 6.01. The van der Waals surface area contributed by atoms with Gasteiger partial charge in [-0.05, 0) is 47.5 Å². The van der Waals surface area contributed by atoms with Gasteiger partial charge in [-0.1, -0.05) is 37.6 Å². The van der Waals surface area contributed by atoms with E-state index in [9.17, 15) is 9.90 Å². The van der Waals surface area contributed by atoms with Gasteiger partial charge in [0.15, 0.2) is 5.78 Å². The van der Waals surface area contributed by atoms with Crippen LogP contribution in [0.4, 0.5) is 0 Å². The smallest absolute Gasteiger partial charge is 0.156 e. The highest BCUT2D eigenvalue weighted by atomic mass is 16.3. The van der Waals surface area contributed by atoms with E-state index >= 15 is 0 Å². The minimum atomic E-state index is -0.385. The summed E-state index contributed by atoms with van der Waals surface area (Å²) in [6, 6.07) is 8.07. The summed E-state index contributed by atoms with van der Waals surface area (Å²) in [5, 5.41) is 10.8. The number of fused-ring (bicyclic) bond motifs is 2. The molecule has 1 aromatic carbocycles. The maximum absolute atomic E-state index is 12.1. The highest BCUT2D eigenvalue weighted by Gasteiger charge is 2.54. The average molecular weight is 268 g/mol. The van der Waals surface area contributed by atoms with Crippen LogP contribution in [-0.4, -0.2) is 10.9 Å². The van der Waals surface area contributed by atoms with Gasteiger partial charge < -0.3 is 5.11 Å². The first-order chi connectivity index (χ1) is 9.62. The van der Waals surface area contributed by atoms with Gasteiger partial charge in [-0.25, -0.2) is 0 Å². The van der Waals surface area contributed by atoms with Crippen molar-refractivity contribution in [1.82, 2.24) is 0 Å². The molecule has 0 bridgehead atoms. The summed E-state index contributed by atoms with van der Waals surface area (Å²) >= 11 is 0. The first kappa shape index (κ1) is 12.3. The van der Waals surface area contributed by atoms with E-state index in [0.717, 1.165) is 30.4 Å². The fourth-order valence-corrected chi connectivity index (χ4v) is 4.91. The monoisotopic (exact) mass is 268 g/mol. The molecule has 20 heavy (non-hydrogen) atoms. The van der Waals surface area contributed by atoms with Gasteiger partial charge in [0.05, 0.1) is 6.10 Å². The van der Waals surface area contributed by atoms with Crippen LogP contribution in [0.5, 0.6) is 0 Å². The zero-order valence-electron chi connectivity index (χ0n) is 11.8. The Morgan fingerprint density at radius 1 is 1.25 bits per heavy atom. The molecule has 0 spiro atoms. The summed E-state index contributed by atoms with van der Waals surface area (Å²) in [5.41, 5.74) is 3.26. The van der Waals surface area contributed by atoms with Crippen LogP contribution in [0.1, 0.15) is 49.8 Å². The van der Waals surface area contributed by atoms with Gasteiger partial charge in [-0.15, -0.1) is 0 Å². The summed E-state index contributed by atoms with van der Waals surface area (Å²) in [5.74, 6) is 0.918. The number of rotatable bonds is 0. The molecule has 104 valence electrons. The Balaban J connectivity index is 2.01. The molecule has 0 radical (unpaired) electrons. The van der Waals surface area contributed by atoms with Gasteiger partial charge in [0.1, 0.15) is 0 Å². The molecule has 1 fully saturated rings. The molecular formula is C18H20O2. The third-order valence-corrected chi connectivity index (χ3v) is 5.97. The molecule has 1 N–H and O–H groups in total. The van der Waals surface area contributed by atoms with E-state index in [1.54, 1.807) is 0 Å². The Kier molecular flexibility index (Phi) is 2.50. The van der Waals surface area contributed by atoms with E-state index in [-0.39, 0.29) is 23.2 Å². The molecule has 0 aromatic heterocycles. The Hall–Kier alpha value is -1.41. The molecule has 3 aliphatic carbocycles. The third-order valence-electron chi connectivity index (χ3n) is 5.97.